The Morgan fingerprint density at radius 1 is 0.903 bits per heavy atom. The molecule has 4 aromatic rings. The summed E-state index contributed by atoms with van der Waals surface area (Å²) in [4.78, 5) is 1.78. The van der Waals surface area contributed by atoms with Gasteiger partial charge in [-0.3, -0.25) is 0 Å². The summed E-state index contributed by atoms with van der Waals surface area (Å²) in [6.45, 7) is 4.13. The van der Waals surface area contributed by atoms with E-state index in [-0.39, 0.29) is 0 Å². The van der Waals surface area contributed by atoms with Gasteiger partial charge in [0, 0.05) is 22.2 Å². The van der Waals surface area contributed by atoms with Gasteiger partial charge >= 0.3 is 0 Å². The van der Waals surface area contributed by atoms with E-state index in [0.29, 0.717) is 23.1 Å². The maximum Gasteiger partial charge on any atom is 0.117 e. The van der Waals surface area contributed by atoms with Crippen molar-refractivity contribution < 1.29 is 0 Å². The third-order valence-electron chi connectivity index (χ3n) is 5.10. The zero-order valence-electron chi connectivity index (χ0n) is 17.4. The molecule has 6 heteroatoms. The molecule has 0 spiro atoms. The van der Waals surface area contributed by atoms with Gasteiger partial charge in [0.25, 0.3) is 0 Å². The topological polar surface area (TPSA) is 42.7 Å². The molecule has 0 saturated carbocycles. The molecule has 4 rings (SSSR count). The van der Waals surface area contributed by atoms with Crippen LogP contribution >= 0.6 is 23.2 Å². The lowest BCUT2D eigenvalue weighted by Crippen LogP contribution is -2.18. The molecule has 0 saturated heterocycles. The zero-order valence-corrected chi connectivity index (χ0v) is 18.9. The number of hydrogen-bond acceptors (Lipinski definition) is 3. The van der Waals surface area contributed by atoms with Gasteiger partial charge in [-0.25, -0.2) is 0 Å². The molecule has 0 radical (unpaired) electrons. The van der Waals surface area contributed by atoms with Crippen LogP contribution in [-0.4, -0.2) is 21.5 Å². The normalized spacial score (nSPS) is 11.1. The minimum Gasteiger partial charge on any atom is -0.311 e. The Labute approximate surface area is 192 Å². The van der Waals surface area contributed by atoms with E-state index in [1.54, 1.807) is 10.9 Å². The first-order valence-corrected chi connectivity index (χ1v) is 11.0. The molecule has 0 aliphatic heterocycles. The Hall–Kier alpha value is -2.66. The highest BCUT2D eigenvalue weighted by atomic mass is 35.5. The van der Waals surface area contributed by atoms with E-state index in [4.69, 9.17) is 33.4 Å². The summed E-state index contributed by atoms with van der Waals surface area (Å²) in [7, 11) is 0. The quantitative estimate of drug-likeness (QED) is 0.337. The number of aromatic nitrogens is 3. The van der Waals surface area contributed by atoms with Crippen LogP contribution in [0.4, 0.5) is 0 Å². The molecular formula is C25H24Cl2N4. The molecule has 4 nitrogen and oxygen atoms in total. The number of hydrogen-bond donors (Lipinski definition) is 1. The summed E-state index contributed by atoms with van der Waals surface area (Å²) < 4.78 is 0. The number of halogens is 2. The Kier molecular flexibility index (Phi) is 7.03. The maximum absolute atomic E-state index is 6.28. The minimum atomic E-state index is 0.628. The second-order valence-electron chi connectivity index (χ2n) is 7.54. The van der Waals surface area contributed by atoms with E-state index in [2.05, 4.69) is 48.6 Å². The average Bonchev–Trinajstić information content (AvgIpc) is 3.17. The molecule has 0 fully saturated rings. The van der Waals surface area contributed by atoms with Crippen molar-refractivity contribution in [3.05, 3.63) is 105 Å². The Morgan fingerprint density at radius 3 is 2.42 bits per heavy atom. The van der Waals surface area contributed by atoms with Gasteiger partial charge in [0.1, 0.15) is 11.4 Å². The van der Waals surface area contributed by atoms with Crippen LogP contribution in [0.2, 0.25) is 10.0 Å². The molecule has 0 bridgehead atoms. The van der Waals surface area contributed by atoms with Gasteiger partial charge in [0.2, 0.25) is 0 Å². The molecule has 0 atom stereocenters. The van der Waals surface area contributed by atoms with E-state index in [1.807, 2.05) is 30.3 Å². The van der Waals surface area contributed by atoms with Crippen molar-refractivity contribution >= 4 is 23.2 Å². The van der Waals surface area contributed by atoms with Crippen LogP contribution in [0.15, 0.2) is 72.8 Å². The number of nitrogens with one attached hydrogen (secondary N) is 1. The van der Waals surface area contributed by atoms with Gasteiger partial charge in [-0.15, -0.1) is 0 Å². The molecule has 0 aliphatic carbocycles. The van der Waals surface area contributed by atoms with Crippen LogP contribution in [0.5, 0.6) is 0 Å². The SMILES string of the molecule is Cc1ccc(Cn2nc(CNCCc3ccc(Cl)cc3Cl)c(-c3ccccc3)n2)cc1. The first kappa shape index (κ1) is 21.6. The second-order valence-corrected chi connectivity index (χ2v) is 8.38. The van der Waals surface area contributed by atoms with Crippen molar-refractivity contribution in [3.63, 3.8) is 0 Å². The van der Waals surface area contributed by atoms with E-state index >= 15 is 0 Å². The summed E-state index contributed by atoms with van der Waals surface area (Å²) in [6.07, 6.45) is 0.814. The highest BCUT2D eigenvalue weighted by Gasteiger charge is 2.13. The lowest BCUT2D eigenvalue weighted by atomic mass is 10.1. The summed E-state index contributed by atoms with van der Waals surface area (Å²) in [6, 6.07) is 24.3. The first-order valence-electron chi connectivity index (χ1n) is 10.3. The van der Waals surface area contributed by atoms with E-state index < -0.39 is 0 Å². The van der Waals surface area contributed by atoms with Crippen molar-refractivity contribution in [2.75, 3.05) is 6.54 Å². The number of rotatable bonds is 8. The van der Waals surface area contributed by atoms with Crippen molar-refractivity contribution in [3.8, 4) is 11.3 Å². The molecule has 1 heterocycles. The van der Waals surface area contributed by atoms with Gasteiger partial charge in [0.15, 0.2) is 0 Å². The fourth-order valence-electron chi connectivity index (χ4n) is 3.40. The third-order valence-corrected chi connectivity index (χ3v) is 5.68. The fraction of sp³-hybridized carbons (Fsp3) is 0.200. The molecule has 3 aromatic carbocycles. The van der Waals surface area contributed by atoms with Crippen LogP contribution in [-0.2, 0) is 19.5 Å². The van der Waals surface area contributed by atoms with Crippen LogP contribution in [0.3, 0.4) is 0 Å². The maximum atomic E-state index is 6.28. The molecule has 158 valence electrons. The number of benzene rings is 3. The lowest BCUT2D eigenvalue weighted by molar-refractivity contribution is 0.576. The van der Waals surface area contributed by atoms with Gasteiger partial charge in [-0.1, -0.05) is 89.4 Å². The predicted molar refractivity (Wildman–Crippen MR) is 128 cm³/mol. The van der Waals surface area contributed by atoms with Gasteiger partial charge < -0.3 is 5.32 Å². The first-order chi connectivity index (χ1) is 15.1. The van der Waals surface area contributed by atoms with Gasteiger partial charge in [0.05, 0.1) is 6.54 Å². The second kappa shape index (κ2) is 10.1. The predicted octanol–water partition coefficient (Wildman–Crippen LogP) is 5.94. The van der Waals surface area contributed by atoms with Crippen molar-refractivity contribution in [1.29, 1.82) is 0 Å². The van der Waals surface area contributed by atoms with E-state index in [1.165, 1.54) is 11.1 Å². The summed E-state index contributed by atoms with van der Waals surface area (Å²) in [5.41, 5.74) is 6.40. The Balaban J connectivity index is 1.47. The number of nitrogens with zero attached hydrogens (tertiary/aromatic N) is 3. The van der Waals surface area contributed by atoms with Crippen LogP contribution in [0, 0.1) is 6.92 Å². The molecule has 1 N–H and O–H groups in total. The van der Waals surface area contributed by atoms with Crippen molar-refractivity contribution in [1.82, 2.24) is 20.3 Å². The summed E-state index contributed by atoms with van der Waals surface area (Å²) in [5, 5.41) is 14.4. The van der Waals surface area contributed by atoms with E-state index in [0.717, 1.165) is 35.5 Å². The summed E-state index contributed by atoms with van der Waals surface area (Å²) in [5.74, 6) is 0. The van der Waals surface area contributed by atoms with Crippen LogP contribution < -0.4 is 5.32 Å². The monoisotopic (exact) mass is 450 g/mol. The van der Waals surface area contributed by atoms with Crippen LogP contribution in [0.1, 0.15) is 22.4 Å². The smallest absolute Gasteiger partial charge is 0.117 e. The lowest BCUT2D eigenvalue weighted by Gasteiger charge is -2.06. The number of aryl methyl sites for hydroxylation is 1. The molecule has 1 aromatic heterocycles. The Bertz CT molecular complexity index is 1140. The third kappa shape index (κ3) is 5.73. The van der Waals surface area contributed by atoms with Crippen LogP contribution in [0.25, 0.3) is 11.3 Å². The van der Waals surface area contributed by atoms with Crippen molar-refractivity contribution in [2.24, 2.45) is 0 Å². The van der Waals surface area contributed by atoms with Crippen molar-refractivity contribution in [2.45, 2.75) is 26.4 Å². The minimum absolute atomic E-state index is 0.628. The zero-order chi connectivity index (χ0) is 21.6. The average molecular weight is 451 g/mol. The standard InChI is InChI=1S/C25H24Cl2N4/c1-18-7-9-19(10-8-18)17-31-29-24(25(30-31)21-5-3-2-4-6-21)16-28-14-13-20-11-12-22(26)15-23(20)27/h2-12,15,28H,13-14,16-17H2,1H3. The highest BCUT2D eigenvalue weighted by molar-refractivity contribution is 6.35. The van der Waals surface area contributed by atoms with Gasteiger partial charge in [-0.05, 0) is 43.1 Å². The highest BCUT2D eigenvalue weighted by Crippen LogP contribution is 2.22. The Morgan fingerprint density at radius 2 is 1.68 bits per heavy atom. The van der Waals surface area contributed by atoms with Gasteiger partial charge in [-0.2, -0.15) is 15.0 Å². The molecule has 0 amide bonds. The molecule has 31 heavy (non-hydrogen) atoms. The molecular weight excluding hydrogens is 427 g/mol. The fourth-order valence-corrected chi connectivity index (χ4v) is 3.91. The largest absolute Gasteiger partial charge is 0.311 e. The van der Waals surface area contributed by atoms with E-state index in [9.17, 15) is 0 Å². The molecule has 0 aliphatic rings. The molecule has 0 unspecified atom stereocenters. The summed E-state index contributed by atoms with van der Waals surface area (Å²) >= 11 is 12.3.